The summed E-state index contributed by atoms with van der Waals surface area (Å²) < 4.78 is 89.9. The largest absolute Gasteiger partial charge is 0.489 e. The van der Waals surface area contributed by atoms with Gasteiger partial charge in [-0.25, -0.2) is 0 Å². The van der Waals surface area contributed by atoms with E-state index in [9.17, 15) is 26.3 Å². The maximum atomic E-state index is 13.2. The van der Waals surface area contributed by atoms with Gasteiger partial charge >= 0.3 is 12.4 Å². The lowest BCUT2D eigenvalue weighted by Crippen LogP contribution is -2.47. The third kappa shape index (κ3) is 4.88. The van der Waals surface area contributed by atoms with Crippen molar-refractivity contribution in [3.63, 3.8) is 0 Å². The Balaban J connectivity index is 1.30. The molecule has 3 atom stereocenters. The van der Waals surface area contributed by atoms with Crippen molar-refractivity contribution in [2.75, 3.05) is 24.6 Å². The fourth-order valence-corrected chi connectivity index (χ4v) is 4.73. The van der Waals surface area contributed by atoms with Crippen LogP contribution < -0.4 is 14.4 Å². The molecule has 0 radical (unpaired) electrons. The Bertz CT molecular complexity index is 1010. The van der Waals surface area contributed by atoms with Crippen LogP contribution in [0.3, 0.4) is 0 Å². The van der Waals surface area contributed by atoms with Crippen molar-refractivity contribution >= 4 is 5.82 Å². The summed E-state index contributed by atoms with van der Waals surface area (Å²) in [6.45, 7) is 1.38. The van der Waals surface area contributed by atoms with Crippen LogP contribution >= 0.6 is 0 Å². The highest BCUT2D eigenvalue weighted by Crippen LogP contribution is 2.44. The van der Waals surface area contributed by atoms with Gasteiger partial charge in [0.25, 0.3) is 0 Å². The van der Waals surface area contributed by atoms with E-state index in [0.717, 1.165) is 43.9 Å². The van der Waals surface area contributed by atoms with Gasteiger partial charge in [-0.3, -0.25) is 0 Å². The van der Waals surface area contributed by atoms with Gasteiger partial charge in [-0.05, 0) is 61.9 Å². The topological polar surface area (TPSA) is 47.5 Å². The van der Waals surface area contributed by atoms with Crippen molar-refractivity contribution < 1.29 is 35.8 Å². The summed E-state index contributed by atoms with van der Waals surface area (Å²) in [7, 11) is 0. The zero-order chi connectivity index (χ0) is 24.1. The summed E-state index contributed by atoms with van der Waals surface area (Å²) in [4.78, 5) is 1.90. The molecule has 2 bridgehead atoms. The quantitative estimate of drug-likeness (QED) is 0.497. The molecule has 3 fully saturated rings. The number of anilines is 1. The lowest BCUT2D eigenvalue weighted by Gasteiger charge is -2.38. The number of aromatic nitrogens is 2. The molecule has 0 N–H and O–H groups in total. The number of hydrogen-bond donors (Lipinski definition) is 0. The maximum Gasteiger partial charge on any atom is 0.435 e. The number of ether oxygens (including phenoxy) is 2. The van der Waals surface area contributed by atoms with Crippen LogP contribution in [-0.2, 0) is 12.4 Å². The molecule has 0 amide bonds. The molecule has 0 spiro atoms. The predicted molar refractivity (Wildman–Crippen MR) is 110 cm³/mol. The molecule has 1 saturated heterocycles. The number of halogens is 6. The number of nitrogens with zero attached hydrogens (tertiary/aromatic N) is 3. The van der Waals surface area contributed by atoms with Crippen molar-refractivity contribution in [1.82, 2.24) is 10.2 Å². The fraction of sp³-hybridized carbons (Fsp3) is 0.565. The van der Waals surface area contributed by atoms with Crippen LogP contribution in [0, 0.1) is 17.8 Å². The molecule has 5 nitrogen and oxygen atoms in total. The van der Waals surface area contributed by atoms with E-state index in [-0.39, 0.29) is 23.7 Å². The molecule has 5 rings (SSSR count). The lowest BCUT2D eigenvalue weighted by molar-refractivity contribution is -0.141. The van der Waals surface area contributed by atoms with E-state index in [4.69, 9.17) is 9.47 Å². The Morgan fingerprint density at radius 2 is 1.53 bits per heavy atom. The number of rotatable bonds is 6. The first-order chi connectivity index (χ1) is 16.1. The summed E-state index contributed by atoms with van der Waals surface area (Å²) in [5, 5.41) is 7.06. The molecular weight excluding hydrogens is 464 g/mol. The molecule has 2 aromatic rings. The summed E-state index contributed by atoms with van der Waals surface area (Å²) in [6.07, 6.45) is -5.55. The van der Waals surface area contributed by atoms with Crippen LogP contribution in [0.25, 0.3) is 0 Å². The fourth-order valence-electron chi connectivity index (χ4n) is 4.73. The Morgan fingerprint density at radius 1 is 0.824 bits per heavy atom. The highest BCUT2D eigenvalue weighted by Gasteiger charge is 2.45. The van der Waals surface area contributed by atoms with Gasteiger partial charge in [-0.2, -0.15) is 26.3 Å². The number of hydrogen-bond acceptors (Lipinski definition) is 5. The van der Waals surface area contributed by atoms with Gasteiger partial charge in [0.05, 0.1) is 12.2 Å². The zero-order valence-electron chi connectivity index (χ0n) is 18.1. The van der Waals surface area contributed by atoms with E-state index in [1.165, 1.54) is 12.1 Å². The van der Waals surface area contributed by atoms with Crippen molar-refractivity contribution in [3.8, 4) is 11.5 Å². The summed E-state index contributed by atoms with van der Waals surface area (Å²) in [5.41, 5.74) is -1.83. The molecule has 2 aliphatic carbocycles. The first-order valence-corrected chi connectivity index (χ1v) is 11.2. The van der Waals surface area contributed by atoms with Gasteiger partial charge in [-0.1, -0.05) is 0 Å². The van der Waals surface area contributed by atoms with E-state index in [1.54, 1.807) is 0 Å². The highest BCUT2D eigenvalue weighted by atomic mass is 19.4. The van der Waals surface area contributed by atoms with Crippen molar-refractivity contribution in [3.05, 3.63) is 41.6 Å². The zero-order valence-corrected chi connectivity index (χ0v) is 18.1. The van der Waals surface area contributed by atoms with E-state index in [0.29, 0.717) is 37.2 Å². The SMILES string of the molecule is FC(F)(F)c1ccc(O[C@@H]2[C@@H]3CC[C@H]2CN(c2ccc(C(F)(F)F)nn2)C3)c(OCC2CC2)c1. The Labute approximate surface area is 192 Å². The van der Waals surface area contributed by atoms with Gasteiger partial charge < -0.3 is 14.4 Å². The second-order valence-electron chi connectivity index (χ2n) is 9.27. The second kappa shape index (κ2) is 8.49. The van der Waals surface area contributed by atoms with E-state index in [1.807, 2.05) is 4.90 Å². The smallest absolute Gasteiger partial charge is 0.435 e. The molecule has 34 heavy (non-hydrogen) atoms. The molecule has 0 unspecified atom stereocenters. The average molecular weight is 487 g/mol. The molecule has 3 aliphatic rings. The maximum absolute atomic E-state index is 13.2. The first kappa shape index (κ1) is 23.0. The van der Waals surface area contributed by atoms with Gasteiger partial charge in [0, 0.05) is 24.9 Å². The Hall–Kier alpha value is -2.72. The number of piperidine rings is 1. The minimum atomic E-state index is -4.55. The summed E-state index contributed by atoms with van der Waals surface area (Å²) in [5.74, 6) is 1.23. The number of fused-ring (bicyclic) bond motifs is 2. The van der Waals surface area contributed by atoms with Crippen molar-refractivity contribution in [1.29, 1.82) is 0 Å². The van der Waals surface area contributed by atoms with Crippen LogP contribution in [0.15, 0.2) is 30.3 Å². The normalized spacial score (nSPS) is 24.9. The lowest BCUT2D eigenvalue weighted by atomic mass is 9.94. The van der Waals surface area contributed by atoms with Crippen LogP contribution in [0.5, 0.6) is 11.5 Å². The third-order valence-corrected chi connectivity index (χ3v) is 6.72. The van der Waals surface area contributed by atoms with Gasteiger partial charge in [0.1, 0.15) is 6.10 Å². The predicted octanol–water partition coefficient (Wildman–Crippen LogP) is 5.60. The summed E-state index contributed by atoms with van der Waals surface area (Å²) in [6, 6.07) is 5.54. The second-order valence-corrected chi connectivity index (χ2v) is 9.27. The molecule has 184 valence electrons. The van der Waals surface area contributed by atoms with Gasteiger partial charge in [0.2, 0.25) is 0 Å². The van der Waals surface area contributed by atoms with Gasteiger partial charge in [0.15, 0.2) is 23.0 Å². The number of alkyl halides is 6. The summed E-state index contributed by atoms with van der Waals surface area (Å²) >= 11 is 0. The highest BCUT2D eigenvalue weighted by molar-refractivity contribution is 5.45. The van der Waals surface area contributed by atoms with Crippen LogP contribution in [-0.4, -0.2) is 36.0 Å². The molecule has 1 aliphatic heterocycles. The molecule has 11 heteroatoms. The number of benzene rings is 1. The Morgan fingerprint density at radius 3 is 2.09 bits per heavy atom. The minimum absolute atomic E-state index is 0.0569. The van der Waals surface area contributed by atoms with Crippen molar-refractivity contribution in [2.45, 2.75) is 44.1 Å². The van der Waals surface area contributed by atoms with Gasteiger partial charge in [-0.15, -0.1) is 10.2 Å². The Kier molecular flexibility index (Phi) is 5.76. The molecule has 2 saturated carbocycles. The molecule has 1 aromatic heterocycles. The average Bonchev–Trinajstić information content (AvgIpc) is 3.58. The van der Waals surface area contributed by atoms with Crippen molar-refractivity contribution in [2.24, 2.45) is 17.8 Å². The van der Waals surface area contributed by atoms with E-state index >= 15 is 0 Å². The first-order valence-electron chi connectivity index (χ1n) is 11.2. The molecular formula is C23H23F6N3O2. The van der Waals surface area contributed by atoms with E-state index < -0.39 is 23.6 Å². The minimum Gasteiger partial charge on any atom is -0.489 e. The third-order valence-electron chi connectivity index (χ3n) is 6.72. The van der Waals surface area contributed by atoms with Crippen LogP contribution in [0.1, 0.15) is 36.9 Å². The van der Waals surface area contributed by atoms with E-state index in [2.05, 4.69) is 10.2 Å². The van der Waals surface area contributed by atoms with Crippen LogP contribution in [0.4, 0.5) is 32.2 Å². The monoisotopic (exact) mass is 487 g/mol. The molecule has 1 aromatic carbocycles. The van der Waals surface area contributed by atoms with Crippen LogP contribution in [0.2, 0.25) is 0 Å². The molecule has 2 heterocycles. The standard InChI is InChI=1S/C23H23F6N3O2/c24-22(25,26)16-5-6-17(18(9-16)33-12-13-1-2-13)34-21-14-3-4-15(21)11-32(10-14)20-8-7-19(30-31-20)23(27,28)29/h5-9,13-15,21H,1-4,10-12H2/t14-,15+,21-.